The van der Waals surface area contributed by atoms with Crippen LogP contribution in [0, 0.1) is 5.41 Å². The van der Waals surface area contributed by atoms with Gasteiger partial charge in [0.1, 0.15) is 5.76 Å². The minimum Gasteiger partial charge on any atom is -0.361 e. The van der Waals surface area contributed by atoms with E-state index >= 15 is 0 Å². The van der Waals surface area contributed by atoms with Crippen LogP contribution in [0.4, 0.5) is 0 Å². The van der Waals surface area contributed by atoms with Gasteiger partial charge in [0.25, 0.3) is 0 Å². The van der Waals surface area contributed by atoms with E-state index in [4.69, 9.17) is 10.3 Å². The van der Waals surface area contributed by atoms with Crippen LogP contribution >= 0.6 is 0 Å². The Morgan fingerprint density at radius 2 is 2.36 bits per heavy atom. The Bertz CT molecular complexity index is 352. The van der Waals surface area contributed by atoms with E-state index in [1.54, 1.807) is 0 Å². The number of fused-ring (bicyclic) bond motifs is 1. The van der Waals surface area contributed by atoms with Crippen molar-refractivity contribution in [2.45, 2.75) is 44.6 Å². The van der Waals surface area contributed by atoms with Crippen molar-refractivity contribution in [1.29, 1.82) is 0 Å². The van der Waals surface area contributed by atoms with E-state index in [0.29, 0.717) is 11.3 Å². The lowest BCUT2D eigenvalue weighted by Crippen LogP contribution is -2.34. The van der Waals surface area contributed by atoms with E-state index in [2.05, 4.69) is 12.1 Å². The zero-order valence-electron chi connectivity index (χ0n) is 8.49. The molecule has 0 aromatic carbocycles. The van der Waals surface area contributed by atoms with Gasteiger partial charge >= 0.3 is 0 Å². The summed E-state index contributed by atoms with van der Waals surface area (Å²) in [6.07, 6.45) is 6.84. The number of aromatic nitrogens is 1. The van der Waals surface area contributed by atoms with E-state index in [1.165, 1.54) is 24.8 Å². The molecule has 0 saturated heterocycles. The van der Waals surface area contributed by atoms with Crippen LogP contribution in [0.25, 0.3) is 0 Å². The molecule has 0 amide bonds. The monoisotopic (exact) mass is 192 g/mol. The van der Waals surface area contributed by atoms with Crippen molar-refractivity contribution >= 4 is 0 Å². The highest BCUT2D eigenvalue weighted by Crippen LogP contribution is 2.62. The van der Waals surface area contributed by atoms with Gasteiger partial charge in [0, 0.05) is 23.9 Å². The minimum atomic E-state index is 0.218. The summed E-state index contributed by atoms with van der Waals surface area (Å²) in [6.45, 7) is 2.10. The normalized spacial score (nSPS) is 30.0. The highest BCUT2D eigenvalue weighted by atomic mass is 16.5. The first kappa shape index (κ1) is 8.48. The predicted molar refractivity (Wildman–Crippen MR) is 52.9 cm³/mol. The van der Waals surface area contributed by atoms with Gasteiger partial charge in [-0.05, 0) is 31.6 Å². The summed E-state index contributed by atoms with van der Waals surface area (Å²) < 4.78 is 5.25. The van der Waals surface area contributed by atoms with Gasteiger partial charge in [-0.1, -0.05) is 5.16 Å². The lowest BCUT2D eigenvalue weighted by atomic mass is 9.72. The molecule has 2 atom stereocenters. The summed E-state index contributed by atoms with van der Waals surface area (Å²) in [5, 5.41) is 3.90. The number of nitrogens with zero attached hydrogens (tertiary/aromatic N) is 1. The standard InChI is InChI=1S/C11H16N2O/c1-7(12)10-8-6-13-14-9(8)2-3-11(10)4-5-11/h6-7,10H,2-5,12H2,1H3. The molecule has 2 aliphatic carbocycles. The van der Waals surface area contributed by atoms with Gasteiger partial charge in [-0.15, -0.1) is 0 Å². The molecule has 1 saturated carbocycles. The van der Waals surface area contributed by atoms with E-state index < -0.39 is 0 Å². The first-order valence-electron chi connectivity index (χ1n) is 5.42. The van der Waals surface area contributed by atoms with Gasteiger partial charge in [-0.25, -0.2) is 0 Å². The lowest BCUT2D eigenvalue weighted by Gasteiger charge is -2.33. The van der Waals surface area contributed by atoms with Crippen LogP contribution in [0.1, 0.15) is 43.4 Å². The second-order valence-corrected chi connectivity index (χ2v) is 4.90. The molecular formula is C11H16N2O. The number of aryl methyl sites for hydroxylation is 1. The first-order chi connectivity index (χ1) is 6.73. The van der Waals surface area contributed by atoms with Crippen LogP contribution in [-0.2, 0) is 6.42 Å². The Labute approximate surface area is 83.6 Å². The molecule has 3 nitrogen and oxygen atoms in total. The minimum absolute atomic E-state index is 0.218. The van der Waals surface area contributed by atoms with Gasteiger partial charge in [0.2, 0.25) is 0 Å². The number of hydrogen-bond acceptors (Lipinski definition) is 3. The molecule has 76 valence electrons. The molecule has 1 spiro atoms. The van der Waals surface area contributed by atoms with E-state index in [-0.39, 0.29) is 6.04 Å². The van der Waals surface area contributed by atoms with Gasteiger partial charge in [-0.2, -0.15) is 0 Å². The van der Waals surface area contributed by atoms with Crippen molar-refractivity contribution in [1.82, 2.24) is 5.16 Å². The fourth-order valence-corrected chi connectivity index (χ4v) is 3.13. The van der Waals surface area contributed by atoms with Crippen LogP contribution in [0.15, 0.2) is 10.7 Å². The summed E-state index contributed by atoms with van der Waals surface area (Å²) in [4.78, 5) is 0. The Kier molecular flexibility index (Phi) is 1.57. The molecule has 0 radical (unpaired) electrons. The van der Waals surface area contributed by atoms with Crippen LogP contribution in [0.3, 0.4) is 0 Å². The largest absolute Gasteiger partial charge is 0.361 e. The average Bonchev–Trinajstić information content (AvgIpc) is 2.75. The van der Waals surface area contributed by atoms with Crippen molar-refractivity contribution in [2.24, 2.45) is 11.1 Å². The highest BCUT2D eigenvalue weighted by Gasteiger charge is 2.54. The highest BCUT2D eigenvalue weighted by molar-refractivity contribution is 5.30. The van der Waals surface area contributed by atoms with Gasteiger partial charge in [0.15, 0.2) is 0 Å². The molecular weight excluding hydrogens is 176 g/mol. The zero-order valence-corrected chi connectivity index (χ0v) is 8.49. The summed E-state index contributed by atoms with van der Waals surface area (Å²) in [6, 6.07) is 0.218. The van der Waals surface area contributed by atoms with Crippen LogP contribution in [0.2, 0.25) is 0 Å². The molecule has 1 aromatic rings. The van der Waals surface area contributed by atoms with Crippen LogP contribution in [0.5, 0.6) is 0 Å². The average molecular weight is 192 g/mol. The summed E-state index contributed by atoms with van der Waals surface area (Å²) in [7, 11) is 0. The second kappa shape index (κ2) is 2.60. The zero-order chi connectivity index (χ0) is 9.76. The maximum atomic E-state index is 6.09. The summed E-state index contributed by atoms with van der Waals surface area (Å²) >= 11 is 0. The van der Waals surface area contributed by atoms with Crippen LogP contribution < -0.4 is 5.73 Å². The van der Waals surface area contributed by atoms with Gasteiger partial charge in [-0.3, -0.25) is 0 Å². The topological polar surface area (TPSA) is 52.0 Å². The van der Waals surface area contributed by atoms with E-state index in [0.717, 1.165) is 12.2 Å². The third-order valence-electron chi connectivity index (χ3n) is 3.94. The molecule has 1 fully saturated rings. The maximum absolute atomic E-state index is 6.09. The quantitative estimate of drug-likeness (QED) is 0.738. The third-order valence-corrected chi connectivity index (χ3v) is 3.94. The Balaban J connectivity index is 2.05. The molecule has 3 rings (SSSR count). The fraction of sp³-hybridized carbons (Fsp3) is 0.727. The van der Waals surface area contributed by atoms with Crippen molar-refractivity contribution < 1.29 is 4.52 Å². The molecule has 3 heteroatoms. The summed E-state index contributed by atoms with van der Waals surface area (Å²) in [5.74, 6) is 1.56. The first-order valence-corrected chi connectivity index (χ1v) is 5.42. The predicted octanol–water partition coefficient (Wildman–Crippen LogP) is 1.83. The molecule has 14 heavy (non-hydrogen) atoms. The van der Waals surface area contributed by atoms with Crippen LogP contribution in [-0.4, -0.2) is 11.2 Å². The third kappa shape index (κ3) is 0.989. The van der Waals surface area contributed by atoms with Gasteiger partial charge in [0.05, 0.1) is 6.20 Å². The van der Waals surface area contributed by atoms with E-state index in [1.807, 2.05) is 6.20 Å². The number of nitrogens with two attached hydrogens (primary N) is 1. The van der Waals surface area contributed by atoms with Crippen molar-refractivity contribution in [2.75, 3.05) is 0 Å². The Morgan fingerprint density at radius 1 is 1.57 bits per heavy atom. The molecule has 1 aromatic heterocycles. The van der Waals surface area contributed by atoms with Crippen molar-refractivity contribution in [3.63, 3.8) is 0 Å². The maximum Gasteiger partial charge on any atom is 0.140 e. The molecule has 1 heterocycles. The fourth-order valence-electron chi connectivity index (χ4n) is 3.13. The smallest absolute Gasteiger partial charge is 0.140 e. The Morgan fingerprint density at radius 3 is 3.00 bits per heavy atom. The molecule has 2 N–H and O–H groups in total. The molecule has 0 bridgehead atoms. The van der Waals surface area contributed by atoms with Crippen molar-refractivity contribution in [3.8, 4) is 0 Å². The number of rotatable bonds is 1. The molecule has 2 aliphatic rings. The summed E-state index contributed by atoms with van der Waals surface area (Å²) in [5.41, 5.74) is 7.88. The molecule has 0 aliphatic heterocycles. The second-order valence-electron chi connectivity index (χ2n) is 4.90. The van der Waals surface area contributed by atoms with Crippen molar-refractivity contribution in [3.05, 3.63) is 17.5 Å². The Hall–Kier alpha value is -0.830. The lowest BCUT2D eigenvalue weighted by molar-refractivity contribution is 0.281. The van der Waals surface area contributed by atoms with Gasteiger partial charge < -0.3 is 10.3 Å². The number of hydrogen-bond donors (Lipinski definition) is 1. The SMILES string of the molecule is CC(N)C1c2cnoc2CCC12CC2. The molecule has 2 unspecified atom stereocenters. The van der Waals surface area contributed by atoms with E-state index in [9.17, 15) is 0 Å².